The van der Waals surface area contributed by atoms with Crippen LogP contribution in [-0.2, 0) is 11.3 Å². The van der Waals surface area contributed by atoms with Crippen LogP contribution in [-0.4, -0.2) is 23.9 Å². The molecule has 20 heavy (non-hydrogen) atoms. The Morgan fingerprint density at radius 2 is 1.85 bits per heavy atom. The van der Waals surface area contributed by atoms with Gasteiger partial charge in [0, 0.05) is 13.6 Å². The second kappa shape index (κ2) is 8.05. The first-order valence-corrected chi connectivity index (χ1v) is 7.55. The molecular formula is C17H28N2O. The highest BCUT2D eigenvalue weighted by atomic mass is 16.2. The lowest BCUT2D eigenvalue weighted by Gasteiger charge is -2.21. The molecule has 3 heteroatoms. The largest absolute Gasteiger partial charge is 0.340 e. The predicted molar refractivity (Wildman–Crippen MR) is 84.5 cm³/mol. The zero-order chi connectivity index (χ0) is 15.1. The zero-order valence-corrected chi connectivity index (χ0v) is 13.2. The molecule has 112 valence electrons. The van der Waals surface area contributed by atoms with Crippen LogP contribution in [0.2, 0.25) is 0 Å². The van der Waals surface area contributed by atoms with Gasteiger partial charge in [0.05, 0.1) is 6.04 Å². The van der Waals surface area contributed by atoms with Crippen LogP contribution in [0.3, 0.4) is 0 Å². The number of unbranched alkanes of at least 4 members (excludes halogenated alkanes) is 1. The molecule has 1 aromatic carbocycles. The van der Waals surface area contributed by atoms with Gasteiger partial charge in [-0.25, -0.2) is 0 Å². The van der Waals surface area contributed by atoms with Crippen molar-refractivity contribution >= 4 is 5.91 Å². The lowest BCUT2D eigenvalue weighted by molar-refractivity contribution is -0.132. The fourth-order valence-corrected chi connectivity index (χ4v) is 2.19. The summed E-state index contributed by atoms with van der Waals surface area (Å²) in [6, 6.07) is 8.09. The third-order valence-electron chi connectivity index (χ3n) is 3.63. The normalized spacial score (nSPS) is 12.5. The first-order chi connectivity index (χ1) is 9.45. The smallest absolute Gasteiger partial charge is 0.239 e. The highest BCUT2D eigenvalue weighted by Gasteiger charge is 2.17. The number of amides is 1. The van der Waals surface area contributed by atoms with Crippen LogP contribution in [0.5, 0.6) is 0 Å². The Balaban J connectivity index is 2.56. The summed E-state index contributed by atoms with van der Waals surface area (Å²) in [7, 11) is 1.82. The molecule has 1 atom stereocenters. The van der Waals surface area contributed by atoms with E-state index >= 15 is 0 Å². The Hall–Kier alpha value is -1.35. The summed E-state index contributed by atoms with van der Waals surface area (Å²) >= 11 is 0. The molecule has 0 radical (unpaired) electrons. The van der Waals surface area contributed by atoms with E-state index in [4.69, 9.17) is 5.73 Å². The lowest BCUT2D eigenvalue weighted by Crippen LogP contribution is -2.41. The SMILES string of the molecule is CCCCC(N)C(=O)N(C)Cc1ccc(C(C)C)cc1. The summed E-state index contributed by atoms with van der Waals surface area (Å²) in [5.74, 6) is 0.567. The molecule has 1 aromatic rings. The summed E-state index contributed by atoms with van der Waals surface area (Å²) in [5, 5.41) is 0. The molecule has 1 amide bonds. The second-order valence-electron chi connectivity index (χ2n) is 5.84. The van der Waals surface area contributed by atoms with E-state index in [-0.39, 0.29) is 11.9 Å². The summed E-state index contributed by atoms with van der Waals surface area (Å²) < 4.78 is 0. The van der Waals surface area contributed by atoms with Crippen LogP contribution >= 0.6 is 0 Å². The van der Waals surface area contributed by atoms with Crippen molar-refractivity contribution in [1.29, 1.82) is 0 Å². The van der Waals surface area contributed by atoms with Gasteiger partial charge >= 0.3 is 0 Å². The van der Waals surface area contributed by atoms with Crippen LogP contribution in [0.15, 0.2) is 24.3 Å². The van der Waals surface area contributed by atoms with Gasteiger partial charge in [0.25, 0.3) is 0 Å². The molecule has 0 spiro atoms. The van der Waals surface area contributed by atoms with Crippen LogP contribution in [0.1, 0.15) is 57.1 Å². The van der Waals surface area contributed by atoms with Gasteiger partial charge in [-0.3, -0.25) is 4.79 Å². The molecule has 3 nitrogen and oxygen atoms in total. The third kappa shape index (κ3) is 4.97. The number of likely N-dealkylation sites (N-methyl/N-ethyl adjacent to an activating group) is 1. The number of carbonyl (C=O) groups is 1. The molecule has 0 heterocycles. The van der Waals surface area contributed by atoms with E-state index in [1.807, 2.05) is 7.05 Å². The fraction of sp³-hybridized carbons (Fsp3) is 0.588. The van der Waals surface area contributed by atoms with E-state index in [2.05, 4.69) is 45.0 Å². The van der Waals surface area contributed by atoms with Gasteiger partial charge in [0.2, 0.25) is 5.91 Å². The van der Waals surface area contributed by atoms with Crippen molar-refractivity contribution in [2.75, 3.05) is 7.05 Å². The summed E-state index contributed by atoms with van der Waals surface area (Å²) in [4.78, 5) is 13.9. The topological polar surface area (TPSA) is 46.3 Å². The lowest BCUT2D eigenvalue weighted by atomic mass is 10.0. The maximum Gasteiger partial charge on any atom is 0.239 e. The highest BCUT2D eigenvalue weighted by molar-refractivity contribution is 5.81. The van der Waals surface area contributed by atoms with Gasteiger partial charge in [0.15, 0.2) is 0 Å². The Morgan fingerprint density at radius 1 is 1.25 bits per heavy atom. The van der Waals surface area contributed by atoms with E-state index in [0.29, 0.717) is 12.5 Å². The van der Waals surface area contributed by atoms with E-state index in [9.17, 15) is 4.79 Å². The molecule has 0 bridgehead atoms. The Kier molecular flexibility index (Phi) is 6.73. The quantitative estimate of drug-likeness (QED) is 0.830. The molecular weight excluding hydrogens is 248 g/mol. The molecule has 0 aliphatic carbocycles. The van der Waals surface area contributed by atoms with Gasteiger partial charge in [-0.2, -0.15) is 0 Å². The van der Waals surface area contributed by atoms with E-state index < -0.39 is 0 Å². The molecule has 0 fully saturated rings. The van der Waals surface area contributed by atoms with Gasteiger partial charge < -0.3 is 10.6 Å². The van der Waals surface area contributed by atoms with Gasteiger partial charge in [-0.1, -0.05) is 57.9 Å². The number of carbonyl (C=O) groups excluding carboxylic acids is 1. The molecule has 0 aromatic heterocycles. The Labute approximate surface area is 123 Å². The molecule has 0 saturated heterocycles. The molecule has 0 saturated carbocycles. The van der Waals surface area contributed by atoms with Crippen molar-refractivity contribution in [3.8, 4) is 0 Å². The van der Waals surface area contributed by atoms with Crippen molar-refractivity contribution in [2.24, 2.45) is 5.73 Å². The maximum atomic E-state index is 12.1. The predicted octanol–water partition coefficient (Wildman–Crippen LogP) is 3.29. The van der Waals surface area contributed by atoms with Crippen molar-refractivity contribution < 1.29 is 4.79 Å². The zero-order valence-electron chi connectivity index (χ0n) is 13.2. The summed E-state index contributed by atoms with van der Waals surface area (Å²) in [5.41, 5.74) is 8.40. The van der Waals surface area contributed by atoms with E-state index in [1.165, 1.54) is 5.56 Å². The Morgan fingerprint density at radius 3 is 2.35 bits per heavy atom. The van der Waals surface area contributed by atoms with Crippen LogP contribution in [0.25, 0.3) is 0 Å². The van der Waals surface area contributed by atoms with E-state index in [0.717, 1.165) is 24.8 Å². The number of nitrogens with zero attached hydrogens (tertiary/aromatic N) is 1. The van der Waals surface area contributed by atoms with Gasteiger partial charge in [-0.05, 0) is 23.5 Å². The molecule has 1 rings (SSSR count). The van der Waals surface area contributed by atoms with Crippen molar-refractivity contribution in [3.05, 3.63) is 35.4 Å². The molecule has 0 aliphatic heterocycles. The fourth-order valence-electron chi connectivity index (χ4n) is 2.19. The molecule has 1 unspecified atom stereocenters. The van der Waals surface area contributed by atoms with Crippen LogP contribution < -0.4 is 5.73 Å². The highest BCUT2D eigenvalue weighted by Crippen LogP contribution is 2.15. The summed E-state index contributed by atoms with van der Waals surface area (Å²) in [6.45, 7) is 7.09. The minimum atomic E-state index is -0.366. The number of nitrogens with two attached hydrogens (primary N) is 1. The Bertz CT molecular complexity index is 412. The third-order valence-corrected chi connectivity index (χ3v) is 3.63. The van der Waals surface area contributed by atoms with Gasteiger partial charge in [-0.15, -0.1) is 0 Å². The molecule has 2 N–H and O–H groups in total. The van der Waals surface area contributed by atoms with E-state index in [1.54, 1.807) is 4.90 Å². The van der Waals surface area contributed by atoms with Crippen LogP contribution in [0.4, 0.5) is 0 Å². The first kappa shape index (κ1) is 16.7. The number of hydrogen-bond donors (Lipinski definition) is 1. The standard InChI is InChI=1S/C17H28N2O/c1-5-6-7-16(18)17(20)19(4)12-14-8-10-15(11-9-14)13(2)3/h8-11,13,16H,5-7,12,18H2,1-4H3. The average molecular weight is 276 g/mol. The molecule has 0 aliphatic rings. The monoisotopic (exact) mass is 276 g/mol. The minimum Gasteiger partial charge on any atom is -0.340 e. The first-order valence-electron chi connectivity index (χ1n) is 7.55. The maximum absolute atomic E-state index is 12.1. The summed E-state index contributed by atoms with van der Waals surface area (Å²) in [6.07, 6.45) is 2.84. The second-order valence-corrected chi connectivity index (χ2v) is 5.84. The van der Waals surface area contributed by atoms with Gasteiger partial charge in [0.1, 0.15) is 0 Å². The number of rotatable bonds is 7. The minimum absolute atomic E-state index is 0.0337. The van der Waals surface area contributed by atoms with Crippen molar-refractivity contribution in [1.82, 2.24) is 4.90 Å². The van der Waals surface area contributed by atoms with Crippen LogP contribution in [0, 0.1) is 0 Å². The van der Waals surface area contributed by atoms with Crippen molar-refractivity contribution in [2.45, 2.75) is 58.5 Å². The van der Waals surface area contributed by atoms with Crippen molar-refractivity contribution in [3.63, 3.8) is 0 Å². The average Bonchev–Trinajstić information content (AvgIpc) is 2.44. The number of hydrogen-bond acceptors (Lipinski definition) is 2. The number of benzene rings is 1.